The standard InChI is InChI=1S/C8F12O2S/c9-5(10,11)1(6(12,13)14)2-22-3(21)4(23-2,7(15,16)17)8(18,19)20. The second-order valence-electron chi connectivity index (χ2n) is 3.83. The van der Waals surface area contributed by atoms with Crippen LogP contribution in [-0.2, 0) is 9.53 Å². The van der Waals surface area contributed by atoms with Crippen LogP contribution in [0.1, 0.15) is 0 Å². The van der Waals surface area contributed by atoms with Crippen molar-refractivity contribution < 1.29 is 62.2 Å². The third kappa shape index (κ3) is 3.19. The summed E-state index contributed by atoms with van der Waals surface area (Å²) in [5.74, 6) is -3.34. The van der Waals surface area contributed by atoms with Crippen LogP contribution >= 0.6 is 11.8 Å². The lowest BCUT2D eigenvalue weighted by atomic mass is 10.1. The highest BCUT2D eigenvalue weighted by atomic mass is 32.2. The maximum absolute atomic E-state index is 12.6. The van der Waals surface area contributed by atoms with E-state index in [1.165, 1.54) is 0 Å². The summed E-state index contributed by atoms with van der Waals surface area (Å²) in [7, 11) is 0. The number of allylic oxidation sites excluding steroid dienone is 1. The first kappa shape index (κ1) is 19.8. The lowest BCUT2D eigenvalue weighted by Gasteiger charge is -2.28. The van der Waals surface area contributed by atoms with Crippen molar-refractivity contribution in [2.75, 3.05) is 0 Å². The number of thioether (sulfide) groups is 1. The number of ether oxygens (including phenoxy) is 1. The highest BCUT2D eigenvalue weighted by Crippen LogP contribution is 2.61. The summed E-state index contributed by atoms with van der Waals surface area (Å²) in [5.41, 5.74) is -3.78. The molecule has 2 nitrogen and oxygen atoms in total. The Balaban J connectivity index is 3.66. The summed E-state index contributed by atoms with van der Waals surface area (Å²) >= 11 is -2.04. The molecule has 0 N–H and O–H groups in total. The van der Waals surface area contributed by atoms with Gasteiger partial charge in [-0.05, 0) is 11.8 Å². The largest absolute Gasteiger partial charge is 0.425 e. The number of cyclic esters (lactones) is 1. The van der Waals surface area contributed by atoms with Crippen molar-refractivity contribution in [2.45, 2.75) is 29.5 Å². The van der Waals surface area contributed by atoms with E-state index in [-0.39, 0.29) is 0 Å². The number of halogens is 12. The molecule has 23 heavy (non-hydrogen) atoms. The second kappa shape index (κ2) is 5.11. The molecule has 0 spiro atoms. The minimum absolute atomic E-state index is 2.04. The quantitative estimate of drug-likeness (QED) is 0.452. The Labute approximate surface area is 121 Å². The van der Waals surface area contributed by atoms with E-state index < -0.39 is 57.8 Å². The normalized spacial score (nSPS) is 19.8. The van der Waals surface area contributed by atoms with Crippen molar-refractivity contribution in [3.63, 3.8) is 0 Å². The number of carbonyl (C=O) groups is 1. The monoisotopic (exact) mass is 388 g/mol. The zero-order valence-electron chi connectivity index (χ0n) is 9.76. The molecule has 0 aromatic heterocycles. The molecule has 0 radical (unpaired) electrons. The zero-order valence-corrected chi connectivity index (χ0v) is 10.6. The minimum Gasteiger partial charge on any atom is -0.417 e. The maximum Gasteiger partial charge on any atom is 0.425 e. The predicted octanol–water partition coefficient (Wildman–Crippen LogP) is 4.48. The van der Waals surface area contributed by atoms with Crippen molar-refractivity contribution in [2.24, 2.45) is 0 Å². The first-order valence-electron chi connectivity index (χ1n) is 4.79. The van der Waals surface area contributed by atoms with Crippen LogP contribution < -0.4 is 0 Å². The second-order valence-corrected chi connectivity index (χ2v) is 5.01. The first-order chi connectivity index (χ1) is 9.86. The Morgan fingerprint density at radius 1 is 0.783 bits per heavy atom. The molecule has 1 saturated heterocycles. The zero-order chi connectivity index (χ0) is 18.6. The van der Waals surface area contributed by atoms with Crippen LogP contribution in [0.5, 0.6) is 0 Å². The molecule has 0 aromatic rings. The van der Waals surface area contributed by atoms with Gasteiger partial charge in [-0.25, -0.2) is 4.79 Å². The fourth-order valence-electron chi connectivity index (χ4n) is 1.36. The van der Waals surface area contributed by atoms with Crippen molar-refractivity contribution in [3.8, 4) is 0 Å². The Hall–Kier alpha value is -1.28. The number of hydrogen-bond donors (Lipinski definition) is 0. The van der Waals surface area contributed by atoms with Gasteiger partial charge in [-0.1, -0.05) is 0 Å². The first-order valence-corrected chi connectivity index (χ1v) is 5.60. The van der Waals surface area contributed by atoms with Gasteiger partial charge in [0.15, 0.2) is 10.7 Å². The third-order valence-corrected chi connectivity index (χ3v) is 3.70. The fraction of sp³-hybridized carbons (Fsp3) is 0.625. The summed E-state index contributed by atoms with van der Waals surface area (Å²) in [5, 5.41) is -2.87. The van der Waals surface area contributed by atoms with E-state index in [2.05, 4.69) is 4.74 Å². The maximum atomic E-state index is 12.6. The number of hydrogen-bond acceptors (Lipinski definition) is 3. The van der Waals surface area contributed by atoms with Gasteiger partial charge in [-0.15, -0.1) is 0 Å². The van der Waals surface area contributed by atoms with Crippen molar-refractivity contribution in [1.29, 1.82) is 0 Å². The number of rotatable bonds is 0. The number of esters is 1. The molecular formula is C8F12O2S. The van der Waals surface area contributed by atoms with Gasteiger partial charge in [0.25, 0.3) is 0 Å². The Morgan fingerprint density at radius 2 is 1.13 bits per heavy atom. The SMILES string of the molecule is O=C1OC(=C(C(F)(F)F)C(F)(F)F)SC1(C(F)(F)F)C(F)(F)F. The minimum atomic E-state index is -6.56. The summed E-state index contributed by atoms with van der Waals surface area (Å²) < 4.78 is 147. The van der Waals surface area contributed by atoms with E-state index in [0.717, 1.165) is 0 Å². The fourth-order valence-corrected chi connectivity index (χ4v) is 2.45. The van der Waals surface area contributed by atoms with Crippen molar-refractivity contribution >= 4 is 17.7 Å². The average molecular weight is 388 g/mol. The molecule has 0 aromatic carbocycles. The van der Waals surface area contributed by atoms with E-state index in [1.54, 1.807) is 0 Å². The Morgan fingerprint density at radius 3 is 1.35 bits per heavy atom. The van der Waals surface area contributed by atoms with Crippen LogP contribution in [0, 0.1) is 0 Å². The van der Waals surface area contributed by atoms with E-state index >= 15 is 0 Å². The highest BCUT2D eigenvalue weighted by Gasteiger charge is 2.81. The van der Waals surface area contributed by atoms with Crippen molar-refractivity contribution in [1.82, 2.24) is 0 Å². The van der Waals surface area contributed by atoms with Gasteiger partial charge in [0, 0.05) is 0 Å². The molecule has 15 heteroatoms. The lowest BCUT2D eigenvalue weighted by Crippen LogP contribution is -2.57. The third-order valence-electron chi connectivity index (χ3n) is 2.29. The molecule has 1 heterocycles. The summed E-state index contributed by atoms with van der Waals surface area (Å²) in [6, 6.07) is 0. The molecule has 0 bridgehead atoms. The summed E-state index contributed by atoms with van der Waals surface area (Å²) in [6.45, 7) is 0. The average Bonchev–Trinajstić information content (AvgIpc) is 2.49. The molecule has 0 aliphatic carbocycles. The molecule has 0 atom stereocenters. The molecular weight excluding hydrogens is 388 g/mol. The van der Waals surface area contributed by atoms with E-state index in [1.807, 2.05) is 0 Å². The molecule has 0 unspecified atom stereocenters. The van der Waals surface area contributed by atoms with Crippen LogP contribution in [0.25, 0.3) is 0 Å². The molecule has 0 amide bonds. The molecule has 0 saturated carbocycles. The van der Waals surface area contributed by atoms with Crippen molar-refractivity contribution in [3.05, 3.63) is 10.7 Å². The van der Waals surface area contributed by atoms with Gasteiger partial charge in [0.1, 0.15) is 0 Å². The van der Waals surface area contributed by atoms with Crippen LogP contribution in [0.15, 0.2) is 10.7 Å². The Bertz CT molecular complexity index is 503. The van der Waals surface area contributed by atoms with Crippen LogP contribution in [0.2, 0.25) is 0 Å². The molecule has 1 aliphatic heterocycles. The van der Waals surface area contributed by atoms with Gasteiger partial charge < -0.3 is 4.74 Å². The van der Waals surface area contributed by atoms with Gasteiger partial charge in [0.05, 0.1) is 0 Å². The molecule has 1 aliphatic rings. The van der Waals surface area contributed by atoms with Crippen LogP contribution in [0.3, 0.4) is 0 Å². The van der Waals surface area contributed by atoms with Crippen LogP contribution in [-0.4, -0.2) is 35.4 Å². The van der Waals surface area contributed by atoms with E-state index in [9.17, 15) is 57.5 Å². The highest BCUT2D eigenvalue weighted by molar-refractivity contribution is 8.05. The van der Waals surface area contributed by atoms with E-state index in [4.69, 9.17) is 0 Å². The van der Waals surface area contributed by atoms with Crippen LogP contribution in [0.4, 0.5) is 52.7 Å². The molecule has 134 valence electrons. The summed E-state index contributed by atoms with van der Waals surface area (Å²) in [4.78, 5) is 10.9. The number of carbonyl (C=O) groups excluding carboxylic acids is 1. The lowest BCUT2D eigenvalue weighted by molar-refractivity contribution is -0.260. The molecule has 1 fully saturated rings. The van der Waals surface area contributed by atoms with E-state index in [0.29, 0.717) is 0 Å². The smallest absolute Gasteiger partial charge is 0.417 e. The topological polar surface area (TPSA) is 26.3 Å². The number of alkyl halides is 12. The van der Waals surface area contributed by atoms with Gasteiger partial charge in [0.2, 0.25) is 0 Å². The van der Waals surface area contributed by atoms with Gasteiger partial charge >= 0.3 is 35.4 Å². The predicted molar refractivity (Wildman–Crippen MR) is 47.7 cm³/mol. The van der Waals surface area contributed by atoms with Gasteiger partial charge in [-0.3, -0.25) is 0 Å². The Kier molecular flexibility index (Phi) is 4.39. The molecule has 1 rings (SSSR count). The van der Waals surface area contributed by atoms with Gasteiger partial charge in [-0.2, -0.15) is 52.7 Å². The summed E-state index contributed by atoms with van der Waals surface area (Å²) in [6.07, 6.45) is -25.9.